The molecule has 5 unspecified atom stereocenters. The second kappa shape index (κ2) is 5.61. The predicted molar refractivity (Wildman–Crippen MR) is 69.1 cm³/mol. The van der Waals surface area contributed by atoms with E-state index in [9.17, 15) is 4.21 Å². The summed E-state index contributed by atoms with van der Waals surface area (Å²) in [5.41, 5.74) is 0. The molecule has 4 heteroatoms. The summed E-state index contributed by atoms with van der Waals surface area (Å²) < 4.78 is 11.0. The van der Waals surface area contributed by atoms with E-state index in [4.69, 9.17) is 0 Å². The van der Waals surface area contributed by atoms with Crippen molar-refractivity contribution in [3.8, 4) is 0 Å². The molecule has 2 heterocycles. The van der Waals surface area contributed by atoms with Gasteiger partial charge >= 0.3 is 0 Å². The van der Waals surface area contributed by atoms with Crippen LogP contribution in [-0.4, -0.2) is 52.8 Å². The van der Waals surface area contributed by atoms with E-state index in [1.54, 1.807) is 6.26 Å². The molecule has 0 aromatic rings. The summed E-state index contributed by atoms with van der Waals surface area (Å²) in [6.07, 6.45) is 5.49. The molecule has 0 radical (unpaired) electrons. The van der Waals surface area contributed by atoms with Gasteiger partial charge < -0.3 is 10.2 Å². The topological polar surface area (TPSA) is 32.3 Å². The highest BCUT2D eigenvalue weighted by Gasteiger charge is 2.34. The SMILES string of the molecule is CC(CCS(C)=O)NC1CCN2CCC1C2. The van der Waals surface area contributed by atoms with Crippen molar-refractivity contribution >= 4 is 10.8 Å². The Morgan fingerprint density at radius 3 is 2.94 bits per heavy atom. The average molecular weight is 244 g/mol. The smallest absolute Gasteiger partial charge is 0.0246 e. The molecule has 0 saturated carbocycles. The molecule has 2 bridgehead atoms. The van der Waals surface area contributed by atoms with Crippen LogP contribution in [0.2, 0.25) is 0 Å². The van der Waals surface area contributed by atoms with E-state index in [-0.39, 0.29) is 0 Å². The minimum Gasteiger partial charge on any atom is -0.311 e. The van der Waals surface area contributed by atoms with Crippen LogP contribution in [0, 0.1) is 5.92 Å². The zero-order chi connectivity index (χ0) is 11.5. The average Bonchev–Trinajstić information content (AvgIpc) is 2.63. The zero-order valence-corrected chi connectivity index (χ0v) is 11.3. The Bertz CT molecular complexity index is 259. The van der Waals surface area contributed by atoms with Crippen molar-refractivity contribution in [1.82, 2.24) is 10.2 Å². The number of nitrogens with zero attached hydrogens (tertiary/aromatic N) is 1. The Balaban J connectivity index is 1.73. The zero-order valence-electron chi connectivity index (χ0n) is 10.4. The van der Waals surface area contributed by atoms with Crippen LogP contribution in [0.5, 0.6) is 0 Å². The largest absolute Gasteiger partial charge is 0.311 e. The maximum Gasteiger partial charge on any atom is 0.0246 e. The van der Waals surface area contributed by atoms with Gasteiger partial charge in [-0.15, -0.1) is 0 Å². The van der Waals surface area contributed by atoms with E-state index in [1.165, 1.54) is 32.5 Å². The van der Waals surface area contributed by atoms with E-state index < -0.39 is 10.8 Å². The van der Waals surface area contributed by atoms with E-state index in [0.717, 1.165) is 18.1 Å². The van der Waals surface area contributed by atoms with Gasteiger partial charge in [-0.25, -0.2) is 0 Å². The molecule has 0 aromatic heterocycles. The molecule has 0 amide bonds. The molecular weight excluding hydrogens is 220 g/mol. The van der Waals surface area contributed by atoms with Gasteiger partial charge in [0.15, 0.2) is 0 Å². The van der Waals surface area contributed by atoms with Crippen LogP contribution in [-0.2, 0) is 10.8 Å². The minimum absolute atomic E-state index is 0.515. The molecule has 2 saturated heterocycles. The van der Waals surface area contributed by atoms with Gasteiger partial charge in [-0.3, -0.25) is 4.21 Å². The Morgan fingerprint density at radius 2 is 2.19 bits per heavy atom. The first-order valence-corrected chi connectivity index (χ1v) is 8.16. The lowest BCUT2D eigenvalue weighted by Gasteiger charge is -2.33. The van der Waals surface area contributed by atoms with E-state index in [1.807, 2.05) is 0 Å². The van der Waals surface area contributed by atoms with Gasteiger partial charge in [-0.05, 0) is 45.2 Å². The summed E-state index contributed by atoms with van der Waals surface area (Å²) in [5.74, 6) is 1.70. The fourth-order valence-electron chi connectivity index (χ4n) is 2.96. The molecular formula is C12H24N2OS. The summed E-state index contributed by atoms with van der Waals surface area (Å²) in [6.45, 7) is 6.09. The first-order valence-electron chi connectivity index (χ1n) is 6.43. The Morgan fingerprint density at radius 1 is 1.44 bits per heavy atom. The quantitative estimate of drug-likeness (QED) is 0.777. The fourth-order valence-corrected chi connectivity index (χ4v) is 3.65. The van der Waals surface area contributed by atoms with E-state index >= 15 is 0 Å². The van der Waals surface area contributed by atoms with Gasteiger partial charge in [0, 0.05) is 41.4 Å². The Labute approximate surface area is 101 Å². The standard InChI is InChI=1S/C12H24N2OS/c1-10(5-8-16(2)15)13-12-4-7-14-6-3-11(12)9-14/h10-13H,3-9H2,1-2H3. The molecule has 0 aliphatic carbocycles. The number of fused-ring (bicyclic) bond motifs is 2. The highest BCUT2D eigenvalue weighted by atomic mass is 32.2. The van der Waals surface area contributed by atoms with Crippen LogP contribution in [0.25, 0.3) is 0 Å². The maximum absolute atomic E-state index is 11.0. The minimum atomic E-state index is -0.643. The third-order valence-corrected chi connectivity index (χ3v) is 4.78. The molecule has 1 N–H and O–H groups in total. The molecule has 3 nitrogen and oxygen atoms in total. The predicted octanol–water partition coefficient (Wildman–Crippen LogP) is 0.827. The first-order chi connectivity index (χ1) is 7.65. The van der Waals surface area contributed by atoms with Crippen molar-refractivity contribution in [2.45, 2.75) is 38.3 Å². The lowest BCUT2D eigenvalue weighted by molar-refractivity contribution is 0.211. The second-order valence-corrected chi connectivity index (χ2v) is 6.93. The number of nitrogens with one attached hydrogen (secondary N) is 1. The van der Waals surface area contributed by atoms with Crippen molar-refractivity contribution in [3.63, 3.8) is 0 Å². The number of hydrogen-bond donors (Lipinski definition) is 1. The number of piperidine rings is 1. The molecule has 0 aromatic carbocycles. The van der Waals surface area contributed by atoms with Crippen LogP contribution < -0.4 is 5.32 Å². The van der Waals surface area contributed by atoms with Crippen LogP contribution in [0.4, 0.5) is 0 Å². The summed E-state index contributed by atoms with van der Waals surface area (Å²) in [5, 5.41) is 3.74. The van der Waals surface area contributed by atoms with Crippen molar-refractivity contribution < 1.29 is 4.21 Å². The molecule has 2 rings (SSSR count). The lowest BCUT2D eigenvalue weighted by atomic mass is 9.93. The van der Waals surface area contributed by atoms with Crippen molar-refractivity contribution in [2.24, 2.45) is 5.92 Å². The van der Waals surface area contributed by atoms with Gasteiger partial charge in [0.05, 0.1) is 0 Å². The lowest BCUT2D eigenvalue weighted by Crippen LogP contribution is -2.47. The van der Waals surface area contributed by atoms with E-state index in [2.05, 4.69) is 17.1 Å². The molecule has 5 atom stereocenters. The van der Waals surface area contributed by atoms with Gasteiger partial charge in [0.2, 0.25) is 0 Å². The molecule has 2 fully saturated rings. The normalized spacial score (nSPS) is 37.2. The van der Waals surface area contributed by atoms with E-state index in [0.29, 0.717) is 12.1 Å². The first kappa shape index (κ1) is 12.5. The van der Waals surface area contributed by atoms with Crippen LogP contribution in [0.15, 0.2) is 0 Å². The highest BCUT2D eigenvalue weighted by molar-refractivity contribution is 7.84. The summed E-state index contributed by atoms with van der Waals surface area (Å²) in [7, 11) is -0.643. The van der Waals surface area contributed by atoms with Gasteiger partial charge in [-0.2, -0.15) is 0 Å². The molecule has 0 spiro atoms. The molecule has 94 valence electrons. The molecule has 16 heavy (non-hydrogen) atoms. The number of rotatable bonds is 5. The monoisotopic (exact) mass is 244 g/mol. The van der Waals surface area contributed by atoms with Crippen LogP contribution in [0.1, 0.15) is 26.2 Å². The van der Waals surface area contributed by atoms with Crippen molar-refractivity contribution in [2.75, 3.05) is 31.6 Å². The van der Waals surface area contributed by atoms with Gasteiger partial charge in [-0.1, -0.05) is 0 Å². The Hall–Kier alpha value is 0.0700. The third-order valence-electron chi connectivity index (χ3n) is 3.97. The Kier molecular flexibility index (Phi) is 4.39. The molecule has 2 aliphatic rings. The van der Waals surface area contributed by atoms with Crippen molar-refractivity contribution in [1.29, 1.82) is 0 Å². The van der Waals surface area contributed by atoms with Gasteiger partial charge in [0.1, 0.15) is 0 Å². The summed E-state index contributed by atoms with van der Waals surface area (Å²) in [4.78, 5) is 2.58. The maximum atomic E-state index is 11.0. The third kappa shape index (κ3) is 3.28. The summed E-state index contributed by atoms with van der Waals surface area (Å²) in [6, 6.07) is 1.22. The highest BCUT2D eigenvalue weighted by Crippen LogP contribution is 2.27. The number of hydrogen-bond acceptors (Lipinski definition) is 3. The van der Waals surface area contributed by atoms with Crippen LogP contribution in [0.3, 0.4) is 0 Å². The second-order valence-electron chi connectivity index (χ2n) is 5.38. The van der Waals surface area contributed by atoms with Crippen molar-refractivity contribution in [3.05, 3.63) is 0 Å². The molecule has 2 aliphatic heterocycles. The van der Waals surface area contributed by atoms with Crippen LogP contribution >= 0.6 is 0 Å². The summed E-state index contributed by atoms with van der Waals surface area (Å²) >= 11 is 0. The fraction of sp³-hybridized carbons (Fsp3) is 1.00. The van der Waals surface area contributed by atoms with Gasteiger partial charge in [0.25, 0.3) is 0 Å².